The monoisotopic (exact) mass is 294 g/mol. The number of hydrogen-bond donors (Lipinski definition) is 1. The summed E-state index contributed by atoms with van der Waals surface area (Å²) >= 11 is 0. The number of ether oxygens (including phenoxy) is 2. The largest absolute Gasteiger partial charge is 0.507 e. The van der Waals surface area contributed by atoms with Crippen molar-refractivity contribution in [2.24, 2.45) is 0 Å². The zero-order chi connectivity index (χ0) is 15.2. The van der Waals surface area contributed by atoms with Crippen molar-refractivity contribution < 1.29 is 14.6 Å². The van der Waals surface area contributed by atoms with Gasteiger partial charge in [0.1, 0.15) is 18.1 Å². The Labute approximate surface area is 129 Å². The lowest BCUT2D eigenvalue weighted by molar-refractivity contribution is 0.0894. The van der Waals surface area contributed by atoms with Crippen LogP contribution in [0.25, 0.3) is 10.8 Å². The van der Waals surface area contributed by atoms with E-state index in [2.05, 4.69) is 0 Å². The maximum absolute atomic E-state index is 9.85. The number of phenolic OH excluding ortho intramolecular Hbond substituents is 1. The summed E-state index contributed by atoms with van der Waals surface area (Å²) in [6, 6.07) is 21.1. The summed E-state index contributed by atoms with van der Waals surface area (Å²) in [7, 11) is 0. The number of hydrogen-bond acceptors (Lipinski definition) is 3. The second kappa shape index (κ2) is 6.96. The van der Waals surface area contributed by atoms with E-state index in [4.69, 9.17) is 9.47 Å². The van der Waals surface area contributed by atoms with Gasteiger partial charge in [0.2, 0.25) is 0 Å². The summed E-state index contributed by atoms with van der Waals surface area (Å²) in [6.45, 7) is 1.58. The molecule has 3 aromatic carbocycles. The molecule has 0 aromatic heterocycles. The molecule has 0 spiro atoms. The Morgan fingerprint density at radius 1 is 0.727 bits per heavy atom. The number of fused-ring (bicyclic) bond motifs is 1. The van der Waals surface area contributed by atoms with E-state index in [1.807, 2.05) is 60.7 Å². The molecule has 0 amide bonds. The van der Waals surface area contributed by atoms with Gasteiger partial charge in [0.25, 0.3) is 0 Å². The van der Waals surface area contributed by atoms with E-state index in [1.54, 1.807) is 6.07 Å². The molecule has 0 atom stereocenters. The van der Waals surface area contributed by atoms with E-state index in [-0.39, 0.29) is 5.75 Å². The average Bonchev–Trinajstić information content (AvgIpc) is 2.56. The van der Waals surface area contributed by atoms with E-state index in [0.29, 0.717) is 19.8 Å². The van der Waals surface area contributed by atoms with Crippen LogP contribution in [0.2, 0.25) is 0 Å². The van der Waals surface area contributed by atoms with E-state index < -0.39 is 0 Å². The van der Waals surface area contributed by atoms with Gasteiger partial charge in [-0.15, -0.1) is 0 Å². The Hall–Kier alpha value is -2.52. The molecule has 3 aromatic rings. The summed E-state index contributed by atoms with van der Waals surface area (Å²) < 4.78 is 11.4. The third-order valence-corrected chi connectivity index (χ3v) is 3.46. The Balaban J connectivity index is 1.55. The van der Waals surface area contributed by atoms with Crippen LogP contribution in [-0.2, 0) is 11.3 Å². The maximum Gasteiger partial charge on any atom is 0.127 e. The fraction of sp³-hybridized carbons (Fsp3) is 0.158. The maximum atomic E-state index is 9.85. The number of benzene rings is 3. The third-order valence-electron chi connectivity index (χ3n) is 3.46. The summed E-state index contributed by atoms with van der Waals surface area (Å²) in [5, 5.41) is 11.6. The molecule has 0 bridgehead atoms. The fourth-order valence-electron chi connectivity index (χ4n) is 2.37. The number of phenols is 1. The van der Waals surface area contributed by atoms with E-state index in [9.17, 15) is 5.11 Å². The lowest BCUT2D eigenvalue weighted by Gasteiger charge is -2.10. The molecule has 0 heterocycles. The topological polar surface area (TPSA) is 38.7 Å². The van der Waals surface area contributed by atoms with Crippen LogP contribution in [0.5, 0.6) is 11.5 Å². The van der Waals surface area contributed by atoms with Crippen LogP contribution in [0.1, 0.15) is 5.56 Å². The molecule has 22 heavy (non-hydrogen) atoms. The highest BCUT2D eigenvalue weighted by molar-refractivity contribution is 5.92. The highest BCUT2D eigenvalue weighted by atomic mass is 16.5. The molecule has 0 radical (unpaired) electrons. The number of aromatic hydroxyl groups is 1. The Bertz CT molecular complexity index is 738. The summed E-state index contributed by atoms with van der Waals surface area (Å²) in [5.41, 5.74) is 1.15. The second-order valence-corrected chi connectivity index (χ2v) is 5.02. The van der Waals surface area contributed by atoms with Crippen LogP contribution in [-0.4, -0.2) is 18.3 Å². The van der Waals surface area contributed by atoms with Crippen molar-refractivity contribution in [1.29, 1.82) is 0 Å². The SMILES string of the molecule is Oc1cccc2c(OCCOCc3ccccc3)cccc12. The molecule has 0 unspecified atom stereocenters. The van der Waals surface area contributed by atoms with E-state index >= 15 is 0 Å². The Kier molecular flexibility index (Phi) is 4.56. The van der Waals surface area contributed by atoms with Crippen LogP contribution >= 0.6 is 0 Å². The predicted octanol–water partition coefficient (Wildman–Crippen LogP) is 4.14. The minimum atomic E-state index is 0.267. The normalized spacial score (nSPS) is 10.7. The molecular formula is C19H18O3. The molecule has 3 nitrogen and oxygen atoms in total. The van der Waals surface area contributed by atoms with E-state index in [0.717, 1.165) is 22.1 Å². The first kappa shape index (κ1) is 14.4. The molecule has 0 saturated carbocycles. The van der Waals surface area contributed by atoms with Gasteiger partial charge in [-0.1, -0.05) is 54.6 Å². The molecular weight excluding hydrogens is 276 g/mol. The van der Waals surface area contributed by atoms with E-state index in [1.165, 1.54) is 0 Å². The molecule has 0 aliphatic heterocycles. The van der Waals surface area contributed by atoms with Gasteiger partial charge < -0.3 is 14.6 Å². The second-order valence-electron chi connectivity index (χ2n) is 5.02. The molecule has 3 heteroatoms. The first-order chi connectivity index (χ1) is 10.8. The van der Waals surface area contributed by atoms with Gasteiger partial charge in [-0.2, -0.15) is 0 Å². The van der Waals surface area contributed by atoms with Crippen LogP contribution in [0.3, 0.4) is 0 Å². The lowest BCUT2D eigenvalue weighted by Crippen LogP contribution is -2.06. The Morgan fingerprint density at radius 2 is 1.50 bits per heavy atom. The standard InChI is InChI=1S/C19H18O3/c20-18-10-4-9-17-16(18)8-5-11-19(17)22-13-12-21-14-15-6-2-1-3-7-15/h1-11,20H,12-14H2. The lowest BCUT2D eigenvalue weighted by atomic mass is 10.1. The zero-order valence-corrected chi connectivity index (χ0v) is 12.2. The van der Waals surface area contributed by atoms with Gasteiger partial charge in [0.05, 0.1) is 13.2 Å². The first-order valence-electron chi connectivity index (χ1n) is 7.30. The predicted molar refractivity (Wildman–Crippen MR) is 87.2 cm³/mol. The Morgan fingerprint density at radius 3 is 2.36 bits per heavy atom. The highest BCUT2D eigenvalue weighted by Crippen LogP contribution is 2.31. The van der Waals surface area contributed by atoms with Gasteiger partial charge in [0, 0.05) is 10.8 Å². The van der Waals surface area contributed by atoms with Gasteiger partial charge in [0.15, 0.2) is 0 Å². The number of rotatable bonds is 6. The van der Waals surface area contributed by atoms with Crippen LogP contribution in [0, 0.1) is 0 Å². The molecule has 0 fully saturated rings. The van der Waals surface area contributed by atoms with Crippen molar-refractivity contribution in [3.63, 3.8) is 0 Å². The third kappa shape index (κ3) is 3.38. The summed E-state index contributed by atoms with van der Waals surface area (Å²) in [6.07, 6.45) is 0. The molecule has 3 rings (SSSR count). The molecule has 0 aliphatic rings. The molecule has 0 aliphatic carbocycles. The van der Waals surface area contributed by atoms with Crippen molar-refractivity contribution in [2.75, 3.05) is 13.2 Å². The van der Waals surface area contributed by atoms with Crippen LogP contribution in [0.15, 0.2) is 66.7 Å². The first-order valence-corrected chi connectivity index (χ1v) is 7.30. The molecule has 0 saturated heterocycles. The van der Waals surface area contributed by atoms with Gasteiger partial charge in [-0.25, -0.2) is 0 Å². The quantitative estimate of drug-likeness (QED) is 0.694. The van der Waals surface area contributed by atoms with Crippen molar-refractivity contribution >= 4 is 10.8 Å². The fourth-order valence-corrected chi connectivity index (χ4v) is 2.37. The van der Waals surface area contributed by atoms with Crippen LogP contribution in [0.4, 0.5) is 0 Å². The minimum Gasteiger partial charge on any atom is -0.507 e. The highest BCUT2D eigenvalue weighted by Gasteiger charge is 2.04. The summed E-state index contributed by atoms with van der Waals surface area (Å²) in [4.78, 5) is 0. The van der Waals surface area contributed by atoms with Crippen molar-refractivity contribution in [3.05, 3.63) is 72.3 Å². The van der Waals surface area contributed by atoms with Crippen molar-refractivity contribution in [3.8, 4) is 11.5 Å². The van der Waals surface area contributed by atoms with Gasteiger partial charge in [-0.3, -0.25) is 0 Å². The van der Waals surface area contributed by atoms with Crippen molar-refractivity contribution in [2.45, 2.75) is 6.61 Å². The van der Waals surface area contributed by atoms with Gasteiger partial charge >= 0.3 is 0 Å². The van der Waals surface area contributed by atoms with Crippen molar-refractivity contribution in [1.82, 2.24) is 0 Å². The van der Waals surface area contributed by atoms with Crippen LogP contribution < -0.4 is 4.74 Å². The minimum absolute atomic E-state index is 0.267. The van der Waals surface area contributed by atoms with Gasteiger partial charge in [-0.05, 0) is 17.7 Å². The smallest absolute Gasteiger partial charge is 0.127 e. The molecule has 112 valence electrons. The summed E-state index contributed by atoms with van der Waals surface area (Å²) in [5.74, 6) is 1.03. The average molecular weight is 294 g/mol. The zero-order valence-electron chi connectivity index (χ0n) is 12.2. The molecule has 1 N–H and O–H groups in total.